The number of fused-ring (bicyclic) bond motifs is 1. The molecular weight excluding hydrogens is 356 g/mol. The van der Waals surface area contributed by atoms with Crippen LogP contribution in [0, 0.1) is 6.92 Å². The Morgan fingerprint density at radius 3 is 2.88 bits per heavy atom. The van der Waals surface area contributed by atoms with Gasteiger partial charge in [-0.2, -0.15) is 0 Å². The molecule has 3 heterocycles. The molecule has 26 heavy (non-hydrogen) atoms. The third-order valence-electron chi connectivity index (χ3n) is 4.80. The first-order valence-corrected chi connectivity index (χ1v) is 10.2. The van der Waals surface area contributed by atoms with Gasteiger partial charge in [-0.1, -0.05) is 9.37 Å². The van der Waals surface area contributed by atoms with E-state index in [0.717, 1.165) is 12.8 Å². The lowest BCUT2D eigenvalue weighted by atomic mass is 9.93. The Balaban J connectivity index is 2.03. The van der Waals surface area contributed by atoms with Crippen molar-refractivity contribution in [3.8, 4) is 0 Å². The predicted molar refractivity (Wildman–Crippen MR) is 97.4 cm³/mol. The minimum Gasteiger partial charge on any atom is -0.597 e. The van der Waals surface area contributed by atoms with Crippen molar-refractivity contribution < 1.29 is 18.1 Å². The van der Waals surface area contributed by atoms with Gasteiger partial charge in [0.25, 0.3) is 11.6 Å². The molecule has 1 saturated heterocycles. The molecule has 0 saturated carbocycles. The van der Waals surface area contributed by atoms with E-state index in [4.69, 9.17) is 4.52 Å². The normalized spacial score (nSPS) is 21.1. The van der Waals surface area contributed by atoms with Crippen molar-refractivity contribution in [3.63, 3.8) is 0 Å². The summed E-state index contributed by atoms with van der Waals surface area (Å²) in [5.41, 5.74) is 2.03. The number of piperidine rings is 1. The van der Waals surface area contributed by atoms with Gasteiger partial charge in [0, 0.05) is 25.2 Å². The van der Waals surface area contributed by atoms with E-state index >= 15 is 0 Å². The molecule has 0 bridgehead atoms. The van der Waals surface area contributed by atoms with Crippen molar-refractivity contribution >= 4 is 27.4 Å². The Hall–Kier alpha value is -1.84. The number of carbonyl (C=O) groups is 1. The highest BCUT2D eigenvalue weighted by Gasteiger charge is 2.37. The number of hydrogen-bond acceptors (Lipinski definition) is 6. The molecule has 8 nitrogen and oxygen atoms in total. The number of sulfonamides is 1. The number of aromatic nitrogens is 2. The zero-order valence-electron chi connectivity index (χ0n) is 15.4. The van der Waals surface area contributed by atoms with Crippen molar-refractivity contribution in [2.75, 3.05) is 20.1 Å². The maximum atomic E-state index is 12.5. The van der Waals surface area contributed by atoms with Crippen molar-refractivity contribution in [1.82, 2.24) is 19.8 Å². The van der Waals surface area contributed by atoms with Crippen LogP contribution in [0.5, 0.6) is 0 Å². The van der Waals surface area contributed by atoms with Gasteiger partial charge in [0.05, 0.1) is 23.2 Å². The Kier molecular flexibility index (Phi) is 5.14. The second-order valence-corrected chi connectivity index (χ2v) is 9.42. The molecule has 1 fully saturated rings. The summed E-state index contributed by atoms with van der Waals surface area (Å²) in [6.45, 7) is 5.99. The van der Waals surface area contributed by atoms with Crippen LogP contribution >= 0.6 is 0 Å². The van der Waals surface area contributed by atoms with Crippen LogP contribution in [0.2, 0.25) is 0 Å². The van der Waals surface area contributed by atoms with Gasteiger partial charge in [-0.25, -0.2) is 4.98 Å². The molecule has 2 unspecified atom stereocenters. The zero-order valence-corrected chi connectivity index (χ0v) is 16.3. The Labute approximate surface area is 153 Å². The van der Waals surface area contributed by atoms with Gasteiger partial charge < -0.3 is 14.4 Å². The molecule has 1 aliphatic rings. The molecule has 142 valence electrons. The highest BCUT2D eigenvalue weighted by molar-refractivity contribution is 7.95. The van der Waals surface area contributed by atoms with Gasteiger partial charge in [-0.05, 0) is 39.7 Å². The molecule has 2 aromatic heterocycles. The molecule has 1 N–H and O–H groups in total. The van der Waals surface area contributed by atoms with Crippen molar-refractivity contribution in [2.45, 2.75) is 44.8 Å². The maximum absolute atomic E-state index is 12.5. The summed E-state index contributed by atoms with van der Waals surface area (Å²) in [6.07, 6.45) is 1.52. The van der Waals surface area contributed by atoms with E-state index in [1.54, 1.807) is 33.9 Å². The summed E-state index contributed by atoms with van der Waals surface area (Å²) in [5.74, 6) is -0.376. The maximum Gasteiger partial charge on any atom is 0.259 e. The second kappa shape index (κ2) is 7.05. The lowest BCUT2D eigenvalue weighted by Crippen LogP contribution is -2.46. The summed E-state index contributed by atoms with van der Waals surface area (Å²) in [6, 6.07) is 1.70. The zero-order chi connectivity index (χ0) is 19.1. The van der Waals surface area contributed by atoms with Gasteiger partial charge in [-0.3, -0.25) is 4.79 Å². The fourth-order valence-electron chi connectivity index (χ4n) is 3.38. The number of aryl methyl sites for hydroxylation is 1. The van der Waals surface area contributed by atoms with Gasteiger partial charge in [0.1, 0.15) is 15.6 Å². The molecule has 0 spiro atoms. The van der Waals surface area contributed by atoms with Gasteiger partial charge >= 0.3 is 0 Å². The Bertz CT molecular complexity index is 879. The monoisotopic (exact) mass is 380 g/mol. The first kappa shape index (κ1) is 18.9. The van der Waals surface area contributed by atoms with E-state index in [1.165, 1.54) is 4.31 Å². The lowest BCUT2D eigenvalue weighted by Gasteiger charge is -2.35. The standard InChI is InChI=1S/C17H24N4O4S/c1-10(2)26(23,24)21-7-5-6-12(9-21)15-14-13(16(22)18-4)8-11(3)19-17(14)25-20-15/h8,10,12H,5-7,9H2,1-4H3,(H-,18,22,23,24). The average Bonchev–Trinajstić information content (AvgIpc) is 3.03. The molecule has 1 aliphatic heterocycles. The molecule has 0 aromatic carbocycles. The molecule has 0 radical (unpaired) electrons. The van der Waals surface area contributed by atoms with E-state index in [9.17, 15) is 13.6 Å². The SMILES string of the molecule is CNC(=O)c1cc(C)nc2onc(C3CCCN([S+](=O)([O-])C(C)C)C3)c12. The quantitative estimate of drug-likeness (QED) is 0.812. The summed E-state index contributed by atoms with van der Waals surface area (Å²) in [5, 5.41) is 6.89. The minimum absolute atomic E-state index is 0.133. The largest absolute Gasteiger partial charge is 0.597 e. The van der Waals surface area contributed by atoms with Crippen molar-refractivity contribution in [3.05, 3.63) is 23.0 Å². The number of nitrogens with zero attached hydrogens (tertiary/aromatic N) is 3. The lowest BCUT2D eigenvalue weighted by molar-refractivity contribution is 0.0964. The van der Waals surface area contributed by atoms with Crippen LogP contribution in [-0.2, 0) is 14.6 Å². The van der Waals surface area contributed by atoms with E-state index < -0.39 is 15.6 Å². The topological polar surface area (TPSA) is 111 Å². The molecule has 3 rings (SSSR count). The van der Waals surface area contributed by atoms with Crippen molar-refractivity contribution in [1.29, 1.82) is 0 Å². The first-order valence-electron chi connectivity index (χ1n) is 8.73. The second-order valence-electron chi connectivity index (χ2n) is 6.93. The van der Waals surface area contributed by atoms with Gasteiger partial charge in [-0.15, -0.1) is 4.31 Å². The third kappa shape index (κ3) is 3.26. The van der Waals surface area contributed by atoms with Crippen LogP contribution in [0.1, 0.15) is 54.4 Å². The number of carbonyl (C=O) groups excluding carboxylic acids is 1. The summed E-state index contributed by atoms with van der Waals surface area (Å²) < 4.78 is 32.0. The van der Waals surface area contributed by atoms with Crippen LogP contribution in [0.25, 0.3) is 11.1 Å². The fourth-order valence-corrected chi connectivity index (χ4v) is 4.75. The minimum atomic E-state index is -3.34. The van der Waals surface area contributed by atoms with E-state index in [0.29, 0.717) is 41.1 Å². The van der Waals surface area contributed by atoms with Crippen LogP contribution in [0.4, 0.5) is 0 Å². The summed E-state index contributed by atoms with van der Waals surface area (Å²) in [7, 11) is -1.77. The van der Waals surface area contributed by atoms with E-state index in [-0.39, 0.29) is 11.8 Å². The number of nitrogens with one attached hydrogen (secondary N) is 1. The fraction of sp³-hybridized carbons (Fsp3) is 0.588. The summed E-state index contributed by atoms with van der Waals surface area (Å²) in [4.78, 5) is 16.6. The predicted octanol–water partition coefficient (Wildman–Crippen LogP) is 2.02. The van der Waals surface area contributed by atoms with Crippen LogP contribution in [-0.4, -0.2) is 50.3 Å². The first-order chi connectivity index (χ1) is 12.3. The van der Waals surface area contributed by atoms with Gasteiger partial charge in [0.15, 0.2) is 0 Å². The summed E-state index contributed by atoms with van der Waals surface area (Å²) >= 11 is 0. The molecule has 2 atom stereocenters. The number of hydrogen-bond donors (Lipinski definition) is 1. The van der Waals surface area contributed by atoms with E-state index in [1.807, 2.05) is 0 Å². The average molecular weight is 380 g/mol. The van der Waals surface area contributed by atoms with Crippen LogP contribution in [0.3, 0.4) is 0 Å². The van der Waals surface area contributed by atoms with Crippen molar-refractivity contribution in [2.24, 2.45) is 0 Å². The van der Waals surface area contributed by atoms with Crippen LogP contribution in [0.15, 0.2) is 10.6 Å². The smallest absolute Gasteiger partial charge is 0.259 e. The molecule has 0 aliphatic carbocycles. The highest BCUT2D eigenvalue weighted by atomic mass is 32.3. The van der Waals surface area contributed by atoms with E-state index in [2.05, 4.69) is 15.5 Å². The molecule has 1 amide bonds. The highest BCUT2D eigenvalue weighted by Crippen LogP contribution is 2.35. The Morgan fingerprint density at radius 1 is 1.50 bits per heavy atom. The number of pyridine rings is 1. The third-order valence-corrected chi connectivity index (χ3v) is 7.04. The molecule has 9 heteroatoms. The Morgan fingerprint density at radius 2 is 2.23 bits per heavy atom. The molecule has 2 aromatic rings. The number of amides is 1. The molecular formula is C17H24N4O4S. The van der Waals surface area contributed by atoms with Gasteiger partial charge in [0.2, 0.25) is 0 Å². The number of rotatable bonds is 4. The van der Waals surface area contributed by atoms with Crippen LogP contribution < -0.4 is 5.32 Å².